The summed E-state index contributed by atoms with van der Waals surface area (Å²) in [6.45, 7) is 2.26. The second-order valence-electron chi connectivity index (χ2n) is 5.48. The van der Waals surface area contributed by atoms with E-state index in [1.165, 1.54) is 0 Å². The topological polar surface area (TPSA) is 83.8 Å². The van der Waals surface area contributed by atoms with Crippen LogP contribution in [0.5, 0.6) is 0 Å². The summed E-state index contributed by atoms with van der Waals surface area (Å²) in [5, 5.41) is 18.6. The Morgan fingerprint density at radius 2 is 1.90 bits per heavy atom. The number of hydrogen-bond donors (Lipinski definition) is 2. The molecule has 116 valence electrons. The van der Waals surface area contributed by atoms with E-state index in [1.54, 1.807) is 0 Å². The van der Waals surface area contributed by atoms with E-state index in [0.717, 1.165) is 32.1 Å². The number of ether oxygens (including phenoxy) is 1. The first-order chi connectivity index (χ1) is 9.61. The van der Waals surface area contributed by atoms with Crippen molar-refractivity contribution in [1.82, 2.24) is 0 Å². The fourth-order valence-electron chi connectivity index (χ4n) is 2.63. The van der Waals surface area contributed by atoms with Crippen molar-refractivity contribution in [3.05, 3.63) is 0 Å². The second kappa shape index (κ2) is 9.08. The third-order valence-corrected chi connectivity index (χ3v) is 3.99. The number of carbonyl (C=O) groups excluding carboxylic acids is 1. The molecule has 1 aliphatic rings. The minimum Gasteiger partial charge on any atom is -0.481 e. The third-order valence-electron chi connectivity index (χ3n) is 3.99. The van der Waals surface area contributed by atoms with Crippen LogP contribution in [0.1, 0.15) is 51.9 Å². The molecule has 0 aromatic heterocycles. The highest BCUT2D eigenvalue weighted by atomic mass is 16.5. The van der Waals surface area contributed by atoms with Crippen LogP contribution in [0.2, 0.25) is 0 Å². The van der Waals surface area contributed by atoms with Gasteiger partial charge in [0.25, 0.3) is 0 Å². The van der Waals surface area contributed by atoms with E-state index in [-0.39, 0.29) is 5.78 Å². The molecule has 3 unspecified atom stereocenters. The molecule has 0 bridgehead atoms. The van der Waals surface area contributed by atoms with Gasteiger partial charge in [0.15, 0.2) is 0 Å². The van der Waals surface area contributed by atoms with Crippen LogP contribution >= 0.6 is 0 Å². The summed E-state index contributed by atoms with van der Waals surface area (Å²) < 4.78 is 5.20. The number of unbranched alkanes of at least 4 members (excludes halogenated alkanes) is 4. The number of carboxylic acids is 1. The molecule has 1 saturated heterocycles. The van der Waals surface area contributed by atoms with Crippen molar-refractivity contribution in [3.8, 4) is 0 Å². The Hall–Kier alpha value is -0.940. The van der Waals surface area contributed by atoms with E-state index in [4.69, 9.17) is 4.74 Å². The van der Waals surface area contributed by atoms with Crippen LogP contribution < -0.4 is 0 Å². The second-order valence-corrected chi connectivity index (χ2v) is 5.48. The van der Waals surface area contributed by atoms with E-state index in [2.05, 4.69) is 6.92 Å². The van der Waals surface area contributed by atoms with Crippen LogP contribution in [0, 0.1) is 11.8 Å². The fraction of sp³-hybridized carbons (Fsp3) is 0.867. The zero-order valence-corrected chi connectivity index (χ0v) is 12.2. The predicted octanol–water partition coefficient (Wildman–Crippen LogP) is 2.01. The van der Waals surface area contributed by atoms with Gasteiger partial charge in [0, 0.05) is 13.0 Å². The van der Waals surface area contributed by atoms with Gasteiger partial charge in [0.2, 0.25) is 0 Å². The molecule has 0 spiro atoms. The van der Waals surface area contributed by atoms with Crippen molar-refractivity contribution in [2.24, 2.45) is 11.8 Å². The molecule has 5 heteroatoms. The number of aliphatic hydroxyl groups is 1. The molecular weight excluding hydrogens is 260 g/mol. The summed E-state index contributed by atoms with van der Waals surface area (Å²) >= 11 is 0. The summed E-state index contributed by atoms with van der Waals surface area (Å²) in [6.07, 6.45) is 5.74. The lowest BCUT2D eigenvalue weighted by Gasteiger charge is -2.34. The number of hydrogen-bond acceptors (Lipinski definition) is 4. The number of Topliss-reactive ketones (excluding diaryl/α,β-unsaturated/α-hetero) is 1. The molecule has 0 aromatic rings. The first-order valence-corrected chi connectivity index (χ1v) is 7.59. The van der Waals surface area contributed by atoms with Gasteiger partial charge in [0.1, 0.15) is 5.78 Å². The molecule has 0 aromatic carbocycles. The molecule has 0 radical (unpaired) electrons. The molecule has 0 amide bonds. The van der Waals surface area contributed by atoms with Gasteiger partial charge in [-0.05, 0) is 12.8 Å². The Bertz CT molecular complexity index is 311. The lowest BCUT2D eigenvalue weighted by Crippen LogP contribution is -2.46. The largest absolute Gasteiger partial charge is 0.481 e. The Kier molecular flexibility index (Phi) is 7.77. The van der Waals surface area contributed by atoms with Crippen LogP contribution in [0.25, 0.3) is 0 Å². The maximum Gasteiger partial charge on any atom is 0.309 e. The molecule has 1 rings (SSSR count). The van der Waals surface area contributed by atoms with Gasteiger partial charge in [-0.25, -0.2) is 0 Å². The number of aliphatic carboxylic acids is 1. The zero-order valence-electron chi connectivity index (χ0n) is 12.2. The third kappa shape index (κ3) is 4.87. The van der Waals surface area contributed by atoms with Crippen LogP contribution in [0.15, 0.2) is 0 Å². The maximum atomic E-state index is 12.1. The van der Waals surface area contributed by atoms with Gasteiger partial charge in [0.05, 0.1) is 24.5 Å². The van der Waals surface area contributed by atoms with E-state index in [9.17, 15) is 19.8 Å². The zero-order chi connectivity index (χ0) is 15.0. The molecule has 3 atom stereocenters. The molecule has 0 saturated carbocycles. The molecule has 1 aliphatic heterocycles. The van der Waals surface area contributed by atoms with Crippen molar-refractivity contribution in [2.45, 2.75) is 58.0 Å². The average molecular weight is 286 g/mol. The van der Waals surface area contributed by atoms with Crippen LogP contribution in [-0.2, 0) is 14.3 Å². The maximum absolute atomic E-state index is 12.1. The van der Waals surface area contributed by atoms with Gasteiger partial charge >= 0.3 is 5.97 Å². The van der Waals surface area contributed by atoms with E-state index in [0.29, 0.717) is 19.4 Å². The first-order valence-electron chi connectivity index (χ1n) is 7.59. The summed E-state index contributed by atoms with van der Waals surface area (Å²) in [5.41, 5.74) is 0. The quantitative estimate of drug-likeness (QED) is 0.568. The van der Waals surface area contributed by atoms with Crippen molar-refractivity contribution >= 4 is 11.8 Å². The number of ketones is 1. The van der Waals surface area contributed by atoms with Crippen molar-refractivity contribution in [2.75, 3.05) is 13.2 Å². The number of carboxylic acid groups (broad SMARTS) is 1. The molecule has 20 heavy (non-hydrogen) atoms. The smallest absolute Gasteiger partial charge is 0.309 e. The van der Waals surface area contributed by atoms with E-state index >= 15 is 0 Å². The summed E-state index contributed by atoms with van der Waals surface area (Å²) in [4.78, 5) is 23.4. The first kappa shape index (κ1) is 17.1. The summed E-state index contributed by atoms with van der Waals surface area (Å²) in [7, 11) is 0. The van der Waals surface area contributed by atoms with Gasteiger partial charge in [-0.1, -0.05) is 32.6 Å². The van der Waals surface area contributed by atoms with Gasteiger partial charge in [-0.15, -0.1) is 0 Å². The van der Waals surface area contributed by atoms with Crippen molar-refractivity contribution in [3.63, 3.8) is 0 Å². The van der Waals surface area contributed by atoms with E-state index in [1.807, 2.05) is 0 Å². The summed E-state index contributed by atoms with van der Waals surface area (Å²) in [5.74, 6) is -2.93. The highest BCUT2D eigenvalue weighted by Gasteiger charge is 2.42. The monoisotopic (exact) mass is 286 g/mol. The molecule has 0 aliphatic carbocycles. The highest BCUT2D eigenvalue weighted by Crippen LogP contribution is 2.29. The lowest BCUT2D eigenvalue weighted by molar-refractivity contribution is -0.166. The average Bonchev–Trinajstić information content (AvgIpc) is 2.35. The number of carbonyl (C=O) groups is 2. The van der Waals surface area contributed by atoms with Gasteiger partial charge < -0.3 is 14.9 Å². The molecular formula is C15H26O5. The Morgan fingerprint density at radius 3 is 2.35 bits per heavy atom. The number of rotatable bonds is 11. The van der Waals surface area contributed by atoms with Crippen molar-refractivity contribution < 1.29 is 24.5 Å². The van der Waals surface area contributed by atoms with Gasteiger partial charge in [-0.3, -0.25) is 9.59 Å². The molecule has 1 fully saturated rings. The minimum atomic E-state index is -1.05. The normalized spacial score (nSPS) is 21.0. The van der Waals surface area contributed by atoms with Crippen LogP contribution in [0.3, 0.4) is 0 Å². The fourth-order valence-corrected chi connectivity index (χ4v) is 2.63. The summed E-state index contributed by atoms with van der Waals surface area (Å²) in [6, 6.07) is 0. The predicted molar refractivity (Wildman–Crippen MR) is 74.4 cm³/mol. The van der Waals surface area contributed by atoms with Crippen LogP contribution in [0.4, 0.5) is 0 Å². The van der Waals surface area contributed by atoms with E-state index < -0.39 is 30.5 Å². The Balaban J connectivity index is 2.45. The standard InChI is InChI=1S/C15H26O5/c1-2-3-4-5-6-7-12(17)11(10-16)14(15(18)19)13-8-9-20-13/h11,13-14,16H,2-10H2,1H3,(H,18,19). The number of aliphatic hydroxyl groups excluding tert-OH is 1. The molecule has 2 N–H and O–H groups in total. The lowest BCUT2D eigenvalue weighted by atomic mass is 9.81. The molecule has 1 heterocycles. The molecule has 5 nitrogen and oxygen atoms in total. The van der Waals surface area contributed by atoms with Crippen LogP contribution in [-0.4, -0.2) is 41.3 Å². The van der Waals surface area contributed by atoms with Gasteiger partial charge in [-0.2, -0.15) is 0 Å². The highest BCUT2D eigenvalue weighted by molar-refractivity contribution is 5.86. The Labute approximate surface area is 120 Å². The Morgan fingerprint density at radius 1 is 1.25 bits per heavy atom. The van der Waals surface area contributed by atoms with Crippen molar-refractivity contribution in [1.29, 1.82) is 0 Å². The minimum absolute atomic E-state index is 0.146. The SMILES string of the molecule is CCCCCCCC(=O)C(CO)C(C(=O)O)C1CCO1.